The Hall–Kier alpha value is -3.64. The Bertz CT molecular complexity index is 1480. The van der Waals surface area contributed by atoms with E-state index in [2.05, 4.69) is 126 Å². The fourth-order valence-electron chi connectivity index (χ4n) is 7.02. The van der Waals surface area contributed by atoms with Crippen molar-refractivity contribution in [3.05, 3.63) is 128 Å². The van der Waals surface area contributed by atoms with Crippen molar-refractivity contribution in [1.82, 2.24) is 0 Å². The number of fused-ring (bicyclic) bond motifs is 2. The lowest BCUT2D eigenvalue weighted by Gasteiger charge is -2.32. The SMILES string of the molecule is CCC(C)(C1=Cc2c(cccc2-c2c(C)cccc2C)C1)C1=Cc2c(cccc2-c2c(C)cccc2C)C1. The van der Waals surface area contributed by atoms with Crippen LogP contribution < -0.4 is 0 Å². The normalized spacial score (nSPS) is 14.3. The molecule has 0 spiro atoms. The minimum atomic E-state index is 0.0358. The van der Waals surface area contributed by atoms with Gasteiger partial charge in [-0.1, -0.05) is 110 Å². The molecule has 0 heteroatoms. The minimum Gasteiger partial charge on any atom is -0.0642 e. The summed E-state index contributed by atoms with van der Waals surface area (Å²) in [7, 11) is 0. The number of hydrogen-bond donors (Lipinski definition) is 0. The Balaban J connectivity index is 1.44. The Labute approximate surface area is 228 Å². The zero-order valence-corrected chi connectivity index (χ0v) is 23.7. The van der Waals surface area contributed by atoms with Gasteiger partial charge in [-0.2, -0.15) is 0 Å². The van der Waals surface area contributed by atoms with E-state index in [9.17, 15) is 0 Å². The van der Waals surface area contributed by atoms with Gasteiger partial charge in [-0.05, 0) is 114 Å². The van der Waals surface area contributed by atoms with Crippen molar-refractivity contribution in [2.45, 2.75) is 60.8 Å². The van der Waals surface area contributed by atoms with Crippen molar-refractivity contribution < 1.29 is 0 Å². The van der Waals surface area contributed by atoms with Gasteiger partial charge in [-0.25, -0.2) is 0 Å². The Morgan fingerprint density at radius 3 is 1.29 bits per heavy atom. The van der Waals surface area contributed by atoms with Crippen molar-refractivity contribution in [3.63, 3.8) is 0 Å². The van der Waals surface area contributed by atoms with Gasteiger partial charge < -0.3 is 0 Å². The molecular weight excluding hydrogens is 456 g/mol. The van der Waals surface area contributed by atoms with Crippen LogP contribution in [0, 0.1) is 33.1 Å². The molecule has 0 radical (unpaired) electrons. The maximum Gasteiger partial charge on any atom is 0.0103 e. The van der Waals surface area contributed by atoms with E-state index in [1.54, 1.807) is 11.1 Å². The van der Waals surface area contributed by atoms with Crippen molar-refractivity contribution >= 4 is 12.2 Å². The van der Waals surface area contributed by atoms with E-state index in [0.29, 0.717) is 0 Å². The number of aryl methyl sites for hydroxylation is 4. The molecule has 190 valence electrons. The summed E-state index contributed by atoms with van der Waals surface area (Å²) in [5.74, 6) is 0. The van der Waals surface area contributed by atoms with Crippen LogP contribution in [0.5, 0.6) is 0 Å². The van der Waals surface area contributed by atoms with Gasteiger partial charge in [-0.3, -0.25) is 0 Å². The van der Waals surface area contributed by atoms with E-state index in [1.165, 1.54) is 66.8 Å². The Morgan fingerprint density at radius 2 is 0.921 bits per heavy atom. The molecule has 0 N–H and O–H groups in total. The van der Waals surface area contributed by atoms with Crippen LogP contribution in [0.3, 0.4) is 0 Å². The number of allylic oxidation sites excluding steroid dienone is 2. The third kappa shape index (κ3) is 3.81. The smallest absolute Gasteiger partial charge is 0.0103 e. The van der Waals surface area contributed by atoms with Gasteiger partial charge in [0.1, 0.15) is 0 Å². The van der Waals surface area contributed by atoms with Gasteiger partial charge in [0, 0.05) is 5.41 Å². The summed E-state index contributed by atoms with van der Waals surface area (Å²) in [6, 6.07) is 27.1. The first-order valence-corrected chi connectivity index (χ1v) is 14.1. The van der Waals surface area contributed by atoms with E-state index >= 15 is 0 Å². The standard InChI is InChI=1S/C38H38/c1-7-38(6,30-20-28-16-10-18-32(34(28)22-30)36-24(2)12-8-13-25(36)3)31-21-29-17-11-19-33(35(29)23-31)37-26(4)14-9-15-27(37)5/h8-19,22-23H,7,20-21H2,1-6H3. The zero-order chi connectivity index (χ0) is 26.6. The highest BCUT2D eigenvalue weighted by atomic mass is 14.4. The predicted molar refractivity (Wildman–Crippen MR) is 164 cm³/mol. The number of hydrogen-bond acceptors (Lipinski definition) is 0. The van der Waals surface area contributed by atoms with Gasteiger partial charge in [0.2, 0.25) is 0 Å². The van der Waals surface area contributed by atoms with E-state index in [-0.39, 0.29) is 5.41 Å². The van der Waals surface area contributed by atoms with E-state index in [0.717, 1.165) is 19.3 Å². The lowest BCUT2D eigenvalue weighted by atomic mass is 9.72. The van der Waals surface area contributed by atoms with Crippen LogP contribution in [0.25, 0.3) is 34.4 Å². The average Bonchev–Trinajstić information content (AvgIpc) is 3.54. The second-order valence-electron chi connectivity index (χ2n) is 11.7. The molecule has 0 unspecified atom stereocenters. The summed E-state index contributed by atoms with van der Waals surface area (Å²) in [5.41, 5.74) is 19.9. The van der Waals surface area contributed by atoms with E-state index in [4.69, 9.17) is 0 Å². The summed E-state index contributed by atoms with van der Waals surface area (Å²) in [6.07, 6.45) is 8.25. The Kier molecular flexibility index (Phi) is 6.03. The van der Waals surface area contributed by atoms with Crippen LogP contribution in [0.2, 0.25) is 0 Å². The molecular formula is C38H38. The van der Waals surface area contributed by atoms with Crippen LogP contribution in [0.4, 0.5) is 0 Å². The first kappa shape index (κ1) is 24.7. The van der Waals surface area contributed by atoms with Crippen LogP contribution in [-0.4, -0.2) is 0 Å². The fraction of sp³-hybridized carbons (Fsp3) is 0.263. The quantitative estimate of drug-likeness (QED) is 0.259. The van der Waals surface area contributed by atoms with Gasteiger partial charge >= 0.3 is 0 Å². The summed E-state index contributed by atoms with van der Waals surface area (Å²) >= 11 is 0. The summed E-state index contributed by atoms with van der Waals surface area (Å²) in [6.45, 7) is 13.8. The number of rotatable bonds is 5. The summed E-state index contributed by atoms with van der Waals surface area (Å²) in [4.78, 5) is 0. The zero-order valence-electron chi connectivity index (χ0n) is 23.7. The maximum atomic E-state index is 2.54. The van der Waals surface area contributed by atoms with E-state index < -0.39 is 0 Å². The third-order valence-electron chi connectivity index (χ3n) is 9.42. The van der Waals surface area contributed by atoms with Gasteiger partial charge in [-0.15, -0.1) is 0 Å². The van der Waals surface area contributed by atoms with Crippen LogP contribution in [0.1, 0.15) is 64.8 Å². The molecule has 38 heavy (non-hydrogen) atoms. The van der Waals surface area contributed by atoms with Crippen molar-refractivity contribution in [2.75, 3.05) is 0 Å². The number of benzene rings is 4. The molecule has 0 fully saturated rings. The molecule has 0 bridgehead atoms. The highest BCUT2D eigenvalue weighted by Crippen LogP contribution is 2.51. The molecule has 0 aliphatic heterocycles. The van der Waals surface area contributed by atoms with Crippen molar-refractivity contribution in [2.24, 2.45) is 5.41 Å². The first-order valence-electron chi connectivity index (χ1n) is 14.1. The molecule has 0 aromatic heterocycles. The van der Waals surface area contributed by atoms with Crippen molar-refractivity contribution in [1.29, 1.82) is 0 Å². The molecule has 0 heterocycles. The second-order valence-corrected chi connectivity index (χ2v) is 11.7. The van der Waals surface area contributed by atoms with Crippen LogP contribution in [0.15, 0.2) is 83.9 Å². The molecule has 0 atom stereocenters. The van der Waals surface area contributed by atoms with Gasteiger partial charge in [0.15, 0.2) is 0 Å². The molecule has 0 nitrogen and oxygen atoms in total. The molecule has 0 saturated heterocycles. The lowest BCUT2D eigenvalue weighted by molar-refractivity contribution is 0.452. The second kappa shape index (κ2) is 9.28. The Morgan fingerprint density at radius 1 is 0.553 bits per heavy atom. The first-order chi connectivity index (χ1) is 18.3. The lowest BCUT2D eigenvalue weighted by Crippen LogP contribution is -2.21. The molecule has 2 aliphatic rings. The molecule has 2 aliphatic carbocycles. The highest BCUT2D eigenvalue weighted by Gasteiger charge is 2.37. The van der Waals surface area contributed by atoms with Gasteiger partial charge in [0.25, 0.3) is 0 Å². The van der Waals surface area contributed by atoms with Crippen LogP contribution in [-0.2, 0) is 12.8 Å². The maximum absolute atomic E-state index is 2.54. The average molecular weight is 495 g/mol. The largest absolute Gasteiger partial charge is 0.0642 e. The van der Waals surface area contributed by atoms with Crippen LogP contribution >= 0.6 is 0 Å². The molecule has 4 aromatic carbocycles. The summed E-state index contributed by atoms with van der Waals surface area (Å²) in [5, 5.41) is 0. The molecule has 6 rings (SSSR count). The fourth-order valence-corrected chi connectivity index (χ4v) is 7.02. The van der Waals surface area contributed by atoms with Gasteiger partial charge in [0.05, 0.1) is 0 Å². The molecule has 0 amide bonds. The predicted octanol–water partition coefficient (Wildman–Crippen LogP) is 10.2. The monoisotopic (exact) mass is 494 g/mol. The molecule has 4 aromatic rings. The topological polar surface area (TPSA) is 0 Å². The minimum absolute atomic E-state index is 0.0358. The van der Waals surface area contributed by atoms with Crippen molar-refractivity contribution in [3.8, 4) is 22.3 Å². The highest BCUT2D eigenvalue weighted by molar-refractivity contribution is 5.87. The third-order valence-corrected chi connectivity index (χ3v) is 9.42. The van der Waals surface area contributed by atoms with E-state index in [1.807, 2.05) is 0 Å². The summed E-state index contributed by atoms with van der Waals surface area (Å²) < 4.78 is 0. The molecule has 0 saturated carbocycles.